The van der Waals surface area contributed by atoms with Gasteiger partial charge in [0.05, 0.1) is 0 Å². The van der Waals surface area contributed by atoms with Crippen LogP contribution in [-0.2, 0) is 4.74 Å². The fraction of sp³-hybridized carbons (Fsp3) is 0.889. The molecule has 0 aromatic heterocycles. The molecular formula is C9H19N3O2. The first-order valence-corrected chi connectivity index (χ1v) is 4.86. The lowest BCUT2D eigenvalue weighted by Crippen LogP contribution is -2.41. The number of ether oxygens (including phenoxy) is 1. The van der Waals surface area contributed by atoms with Crippen LogP contribution in [0, 0.1) is 0 Å². The Morgan fingerprint density at radius 1 is 1.57 bits per heavy atom. The Bertz CT molecular complexity index is 213. The number of nitrogens with two attached hydrogens (primary N) is 1. The molecule has 1 saturated heterocycles. The molecule has 0 aliphatic carbocycles. The highest BCUT2D eigenvalue weighted by Crippen LogP contribution is 2.09. The van der Waals surface area contributed by atoms with Gasteiger partial charge >= 0.3 is 6.09 Å². The van der Waals surface area contributed by atoms with Crippen molar-refractivity contribution >= 4 is 6.09 Å². The highest BCUT2D eigenvalue weighted by molar-refractivity contribution is 5.68. The summed E-state index contributed by atoms with van der Waals surface area (Å²) in [5, 5.41) is 4.48. The van der Waals surface area contributed by atoms with Crippen molar-refractivity contribution in [3.8, 4) is 0 Å². The Labute approximate surface area is 84.5 Å². The minimum absolute atomic E-state index is 0.120. The Morgan fingerprint density at radius 2 is 2.21 bits per heavy atom. The molecule has 1 unspecified atom stereocenters. The third-order valence-electron chi connectivity index (χ3n) is 1.94. The zero-order valence-electron chi connectivity index (χ0n) is 9.04. The lowest BCUT2D eigenvalue weighted by molar-refractivity contribution is 0.0506. The van der Waals surface area contributed by atoms with Gasteiger partial charge in [-0.05, 0) is 27.2 Å². The van der Waals surface area contributed by atoms with Crippen LogP contribution in [0.3, 0.4) is 0 Å². The number of carbonyl (C=O) groups excluding carboxylic acids is 1. The number of hydrogen-bond donors (Lipinski definition) is 2. The molecule has 5 nitrogen and oxygen atoms in total. The molecule has 14 heavy (non-hydrogen) atoms. The monoisotopic (exact) mass is 201 g/mol. The smallest absolute Gasteiger partial charge is 0.407 e. The average Bonchev–Trinajstić information content (AvgIpc) is 2.30. The van der Waals surface area contributed by atoms with Crippen LogP contribution in [0.4, 0.5) is 4.79 Å². The number of nitrogens with zero attached hydrogens (tertiary/aromatic N) is 1. The van der Waals surface area contributed by atoms with Gasteiger partial charge in [0.1, 0.15) is 5.60 Å². The van der Waals surface area contributed by atoms with Crippen LogP contribution in [-0.4, -0.2) is 35.8 Å². The molecule has 0 aromatic rings. The molecule has 1 rings (SSSR count). The topological polar surface area (TPSA) is 67.6 Å². The number of hydrogen-bond acceptors (Lipinski definition) is 4. The highest BCUT2D eigenvalue weighted by atomic mass is 16.6. The van der Waals surface area contributed by atoms with Crippen molar-refractivity contribution in [2.75, 3.05) is 13.1 Å². The molecule has 1 aliphatic heterocycles. The van der Waals surface area contributed by atoms with Crippen LogP contribution in [0.15, 0.2) is 0 Å². The van der Waals surface area contributed by atoms with Crippen molar-refractivity contribution in [3.05, 3.63) is 0 Å². The summed E-state index contributed by atoms with van der Waals surface area (Å²) in [6, 6.07) is 0.120. The van der Waals surface area contributed by atoms with Crippen molar-refractivity contribution in [2.24, 2.45) is 5.84 Å². The van der Waals surface area contributed by atoms with E-state index in [1.165, 1.54) is 0 Å². The Balaban J connectivity index is 2.27. The quantitative estimate of drug-likeness (QED) is 0.605. The van der Waals surface area contributed by atoms with Crippen molar-refractivity contribution in [1.82, 2.24) is 10.3 Å². The summed E-state index contributed by atoms with van der Waals surface area (Å²) in [6.45, 7) is 7.04. The maximum atomic E-state index is 11.3. The second-order valence-electron chi connectivity index (χ2n) is 4.63. The minimum atomic E-state index is -0.439. The summed E-state index contributed by atoms with van der Waals surface area (Å²) in [5.74, 6) is 5.57. The van der Waals surface area contributed by atoms with Gasteiger partial charge in [-0.1, -0.05) is 0 Å². The molecule has 82 valence electrons. The van der Waals surface area contributed by atoms with E-state index < -0.39 is 5.60 Å². The molecule has 3 N–H and O–H groups in total. The molecule has 5 heteroatoms. The van der Waals surface area contributed by atoms with E-state index in [2.05, 4.69) is 5.32 Å². The molecule has 1 aliphatic rings. The predicted molar refractivity (Wildman–Crippen MR) is 53.5 cm³/mol. The van der Waals surface area contributed by atoms with E-state index in [0.717, 1.165) is 13.0 Å². The van der Waals surface area contributed by atoms with E-state index in [4.69, 9.17) is 10.6 Å². The first-order valence-electron chi connectivity index (χ1n) is 4.86. The maximum absolute atomic E-state index is 11.3. The van der Waals surface area contributed by atoms with Gasteiger partial charge < -0.3 is 10.1 Å². The fourth-order valence-electron chi connectivity index (χ4n) is 1.38. The molecule has 0 aromatic carbocycles. The molecular weight excluding hydrogens is 182 g/mol. The molecule has 1 amide bonds. The minimum Gasteiger partial charge on any atom is -0.444 e. The van der Waals surface area contributed by atoms with Crippen molar-refractivity contribution in [2.45, 2.75) is 38.8 Å². The Kier molecular flexibility index (Phi) is 3.34. The van der Waals surface area contributed by atoms with Crippen molar-refractivity contribution in [1.29, 1.82) is 0 Å². The highest BCUT2D eigenvalue weighted by Gasteiger charge is 2.24. The van der Waals surface area contributed by atoms with Gasteiger partial charge in [-0.15, -0.1) is 0 Å². The van der Waals surface area contributed by atoms with E-state index in [1.54, 1.807) is 5.01 Å². The lowest BCUT2D eigenvalue weighted by atomic mass is 10.2. The van der Waals surface area contributed by atoms with Crippen molar-refractivity contribution in [3.63, 3.8) is 0 Å². The first-order chi connectivity index (χ1) is 6.37. The zero-order valence-corrected chi connectivity index (χ0v) is 9.04. The van der Waals surface area contributed by atoms with E-state index in [9.17, 15) is 4.79 Å². The van der Waals surface area contributed by atoms with Crippen LogP contribution < -0.4 is 11.2 Å². The summed E-state index contributed by atoms with van der Waals surface area (Å²) in [7, 11) is 0. The third kappa shape index (κ3) is 3.93. The number of carbonyl (C=O) groups is 1. The number of nitrogens with one attached hydrogen (secondary N) is 1. The zero-order chi connectivity index (χ0) is 10.8. The predicted octanol–water partition coefficient (Wildman–Crippen LogP) is 0.459. The molecule has 0 spiro atoms. The van der Waals surface area contributed by atoms with Crippen LogP contribution in [0.25, 0.3) is 0 Å². The SMILES string of the molecule is CC(C)(C)OC(=O)NC1CCN(N)C1. The van der Waals surface area contributed by atoms with Gasteiger partial charge in [0.25, 0.3) is 0 Å². The Hall–Kier alpha value is -0.810. The van der Waals surface area contributed by atoms with E-state index >= 15 is 0 Å². The normalized spacial score (nSPS) is 23.6. The summed E-state index contributed by atoms with van der Waals surface area (Å²) in [6.07, 6.45) is 0.522. The average molecular weight is 201 g/mol. The van der Waals surface area contributed by atoms with Crippen molar-refractivity contribution < 1.29 is 9.53 Å². The van der Waals surface area contributed by atoms with Gasteiger partial charge in [0, 0.05) is 19.1 Å². The van der Waals surface area contributed by atoms with Gasteiger partial charge in [0.2, 0.25) is 0 Å². The third-order valence-corrected chi connectivity index (χ3v) is 1.94. The van der Waals surface area contributed by atoms with Crippen LogP contribution in [0.1, 0.15) is 27.2 Å². The van der Waals surface area contributed by atoms with Crippen LogP contribution in [0.2, 0.25) is 0 Å². The first kappa shape index (κ1) is 11.3. The largest absolute Gasteiger partial charge is 0.444 e. The molecule has 1 atom stereocenters. The second kappa shape index (κ2) is 4.14. The van der Waals surface area contributed by atoms with Gasteiger partial charge in [0.15, 0.2) is 0 Å². The lowest BCUT2D eigenvalue weighted by Gasteiger charge is -2.21. The molecule has 0 radical (unpaired) electrons. The number of rotatable bonds is 1. The molecule has 0 saturated carbocycles. The molecule has 1 heterocycles. The fourth-order valence-corrected chi connectivity index (χ4v) is 1.38. The van der Waals surface area contributed by atoms with E-state index in [1.807, 2.05) is 20.8 Å². The van der Waals surface area contributed by atoms with Crippen LogP contribution >= 0.6 is 0 Å². The molecule has 1 fully saturated rings. The second-order valence-corrected chi connectivity index (χ2v) is 4.63. The standard InChI is InChI=1S/C9H19N3O2/c1-9(2,3)14-8(13)11-7-4-5-12(10)6-7/h7H,4-6,10H2,1-3H3,(H,11,13). The van der Waals surface area contributed by atoms with Gasteiger partial charge in [-0.3, -0.25) is 5.84 Å². The maximum Gasteiger partial charge on any atom is 0.407 e. The summed E-state index contributed by atoms with van der Waals surface area (Å²) < 4.78 is 5.13. The van der Waals surface area contributed by atoms with E-state index in [-0.39, 0.29) is 12.1 Å². The number of alkyl carbamates (subject to hydrolysis) is 1. The number of amides is 1. The number of hydrazine groups is 1. The van der Waals surface area contributed by atoms with E-state index in [0.29, 0.717) is 6.54 Å². The summed E-state index contributed by atoms with van der Waals surface area (Å²) >= 11 is 0. The van der Waals surface area contributed by atoms with Gasteiger partial charge in [-0.25, -0.2) is 9.80 Å². The summed E-state index contributed by atoms with van der Waals surface area (Å²) in [5.41, 5.74) is -0.439. The van der Waals surface area contributed by atoms with Crippen LogP contribution in [0.5, 0.6) is 0 Å². The summed E-state index contributed by atoms with van der Waals surface area (Å²) in [4.78, 5) is 11.3. The van der Waals surface area contributed by atoms with Gasteiger partial charge in [-0.2, -0.15) is 0 Å². The molecule has 0 bridgehead atoms. The Morgan fingerprint density at radius 3 is 2.64 bits per heavy atom.